The largest absolute Gasteiger partial charge is 0.489 e. The first-order chi connectivity index (χ1) is 13.2. The highest BCUT2D eigenvalue weighted by molar-refractivity contribution is 5.93. The number of carbonyl (C=O) groups is 2. The van der Waals surface area contributed by atoms with Gasteiger partial charge in [-0.3, -0.25) is 4.79 Å². The van der Waals surface area contributed by atoms with E-state index < -0.39 is 37.1 Å². The normalized spacial score (nSPS) is 10.9. The Morgan fingerprint density at radius 2 is 1.79 bits per heavy atom. The summed E-state index contributed by atoms with van der Waals surface area (Å²) in [6.07, 6.45) is -6.00. The van der Waals surface area contributed by atoms with Crippen molar-refractivity contribution >= 4 is 17.7 Å². The van der Waals surface area contributed by atoms with Gasteiger partial charge >= 0.3 is 12.3 Å². The molecule has 0 atom stereocenters. The summed E-state index contributed by atoms with van der Waals surface area (Å²) < 4.78 is 58.2. The number of alkyl halides is 3. The van der Waals surface area contributed by atoms with Crippen LogP contribution in [-0.2, 0) is 16.1 Å². The number of rotatable bonds is 7. The number of anilines is 1. The van der Waals surface area contributed by atoms with Crippen LogP contribution in [-0.4, -0.2) is 31.3 Å². The predicted octanol–water partition coefficient (Wildman–Crippen LogP) is 3.63. The van der Waals surface area contributed by atoms with Crippen molar-refractivity contribution in [2.45, 2.75) is 12.8 Å². The van der Waals surface area contributed by atoms with E-state index >= 15 is 0 Å². The smallest absolute Gasteiger partial charge is 0.422 e. The van der Waals surface area contributed by atoms with Gasteiger partial charge in [0.25, 0.3) is 0 Å². The lowest BCUT2D eigenvalue weighted by Gasteiger charge is -2.10. The summed E-state index contributed by atoms with van der Waals surface area (Å²) in [5.74, 6) is -0.747. The van der Waals surface area contributed by atoms with Crippen LogP contribution in [0, 0.1) is 5.82 Å². The zero-order valence-corrected chi connectivity index (χ0v) is 14.4. The second-order valence-corrected chi connectivity index (χ2v) is 5.54. The van der Waals surface area contributed by atoms with E-state index in [1.165, 1.54) is 18.2 Å². The first-order valence-electron chi connectivity index (χ1n) is 7.96. The van der Waals surface area contributed by atoms with E-state index in [1.54, 1.807) is 30.3 Å². The molecule has 0 aliphatic rings. The van der Waals surface area contributed by atoms with Gasteiger partial charge in [0.15, 0.2) is 6.61 Å². The van der Waals surface area contributed by atoms with E-state index in [0.717, 1.165) is 0 Å². The third kappa shape index (κ3) is 7.94. The lowest BCUT2D eigenvalue weighted by atomic mass is 10.2. The van der Waals surface area contributed by atoms with E-state index in [-0.39, 0.29) is 6.61 Å². The van der Waals surface area contributed by atoms with Crippen LogP contribution in [0.4, 0.5) is 28.0 Å². The Morgan fingerprint density at radius 3 is 2.50 bits per heavy atom. The number of nitrogens with one attached hydrogen (secondary N) is 2. The Balaban J connectivity index is 1.80. The Kier molecular flexibility index (Phi) is 7.19. The quantitative estimate of drug-likeness (QED) is 0.696. The molecule has 0 fully saturated rings. The van der Waals surface area contributed by atoms with E-state index in [2.05, 4.69) is 10.1 Å². The summed E-state index contributed by atoms with van der Waals surface area (Å²) in [5, 5.41) is 4.38. The second-order valence-electron chi connectivity index (χ2n) is 5.54. The molecule has 0 radical (unpaired) electrons. The van der Waals surface area contributed by atoms with Crippen LogP contribution in [0.15, 0.2) is 48.5 Å². The Hall–Kier alpha value is -3.30. The molecule has 0 aromatic heterocycles. The average Bonchev–Trinajstić information content (AvgIpc) is 2.63. The minimum atomic E-state index is -4.65. The van der Waals surface area contributed by atoms with Crippen molar-refractivity contribution in [3.8, 4) is 5.75 Å². The maximum atomic E-state index is 13.1. The average molecular weight is 400 g/mol. The van der Waals surface area contributed by atoms with Crippen LogP contribution >= 0.6 is 0 Å². The fourth-order valence-electron chi connectivity index (χ4n) is 2.02. The SMILES string of the molecule is O=C(CNC(=O)OCC(F)(F)F)Nc1cccc(COc2cccc(F)c2)c1. The topological polar surface area (TPSA) is 76.7 Å². The second kappa shape index (κ2) is 9.58. The third-order valence-electron chi connectivity index (χ3n) is 3.17. The molecule has 2 amide bonds. The fraction of sp³-hybridized carbons (Fsp3) is 0.222. The number of carbonyl (C=O) groups excluding carboxylic acids is 2. The van der Waals surface area contributed by atoms with Crippen LogP contribution in [0.3, 0.4) is 0 Å². The molecule has 6 nitrogen and oxygen atoms in total. The molecule has 2 rings (SSSR count). The van der Waals surface area contributed by atoms with Gasteiger partial charge in [-0.2, -0.15) is 13.2 Å². The summed E-state index contributed by atoms with van der Waals surface area (Å²) in [4.78, 5) is 22.9. The summed E-state index contributed by atoms with van der Waals surface area (Å²) in [6, 6.07) is 12.2. The minimum Gasteiger partial charge on any atom is -0.489 e. The molecule has 0 heterocycles. The molecule has 0 saturated heterocycles. The molecule has 2 aromatic carbocycles. The van der Waals surface area contributed by atoms with E-state index in [4.69, 9.17) is 4.74 Å². The van der Waals surface area contributed by atoms with Gasteiger partial charge in [-0.15, -0.1) is 0 Å². The number of halogens is 4. The van der Waals surface area contributed by atoms with Crippen molar-refractivity contribution in [1.29, 1.82) is 0 Å². The molecular weight excluding hydrogens is 384 g/mol. The van der Waals surface area contributed by atoms with Gasteiger partial charge in [-0.05, 0) is 29.8 Å². The van der Waals surface area contributed by atoms with Gasteiger partial charge in [-0.25, -0.2) is 9.18 Å². The van der Waals surface area contributed by atoms with Crippen LogP contribution in [0.2, 0.25) is 0 Å². The molecule has 2 aromatic rings. The molecule has 10 heteroatoms. The molecule has 0 bridgehead atoms. The van der Waals surface area contributed by atoms with Gasteiger partial charge in [0.05, 0.1) is 0 Å². The highest BCUT2D eigenvalue weighted by Gasteiger charge is 2.29. The minimum absolute atomic E-state index is 0.120. The van der Waals surface area contributed by atoms with Gasteiger partial charge in [0, 0.05) is 11.8 Å². The van der Waals surface area contributed by atoms with Crippen LogP contribution in [0.1, 0.15) is 5.56 Å². The van der Waals surface area contributed by atoms with Gasteiger partial charge in [-0.1, -0.05) is 18.2 Å². The first kappa shape index (κ1) is 21.0. The standard InChI is InChI=1S/C18H16F4N2O4/c19-13-4-2-6-15(8-13)27-10-12-3-1-5-14(7-12)24-16(25)9-23-17(26)28-11-18(20,21)22/h1-8H,9-11H2,(H,23,26)(H,24,25). The molecule has 0 aliphatic heterocycles. The maximum Gasteiger partial charge on any atom is 0.422 e. The Morgan fingerprint density at radius 1 is 1.04 bits per heavy atom. The van der Waals surface area contributed by atoms with E-state index in [1.807, 2.05) is 5.32 Å². The zero-order chi connectivity index (χ0) is 20.6. The number of benzene rings is 2. The molecule has 0 aliphatic carbocycles. The summed E-state index contributed by atoms with van der Waals surface area (Å²) >= 11 is 0. The molecule has 150 valence electrons. The van der Waals surface area contributed by atoms with Crippen molar-refractivity contribution in [3.05, 3.63) is 59.9 Å². The van der Waals surface area contributed by atoms with Crippen molar-refractivity contribution in [1.82, 2.24) is 5.32 Å². The molecule has 0 spiro atoms. The van der Waals surface area contributed by atoms with E-state index in [9.17, 15) is 27.2 Å². The maximum absolute atomic E-state index is 13.1. The van der Waals surface area contributed by atoms with Gasteiger partial charge in [0.2, 0.25) is 5.91 Å². The summed E-state index contributed by atoms with van der Waals surface area (Å²) in [6.45, 7) is -2.19. The van der Waals surface area contributed by atoms with Crippen molar-refractivity contribution in [3.63, 3.8) is 0 Å². The molecule has 0 unspecified atom stereocenters. The van der Waals surface area contributed by atoms with Crippen LogP contribution in [0.25, 0.3) is 0 Å². The number of hydrogen-bond donors (Lipinski definition) is 2. The van der Waals surface area contributed by atoms with E-state index in [0.29, 0.717) is 17.0 Å². The molecule has 28 heavy (non-hydrogen) atoms. The number of hydrogen-bond acceptors (Lipinski definition) is 4. The highest BCUT2D eigenvalue weighted by Crippen LogP contribution is 2.16. The lowest BCUT2D eigenvalue weighted by Crippen LogP contribution is -2.35. The lowest BCUT2D eigenvalue weighted by molar-refractivity contribution is -0.160. The summed E-state index contributed by atoms with van der Waals surface area (Å²) in [5.41, 5.74) is 1.07. The van der Waals surface area contributed by atoms with Gasteiger partial charge in [0.1, 0.15) is 24.7 Å². The number of ether oxygens (including phenoxy) is 2. The molecule has 0 saturated carbocycles. The summed E-state index contributed by atoms with van der Waals surface area (Å²) in [7, 11) is 0. The first-order valence-corrected chi connectivity index (χ1v) is 7.96. The molecular formula is C18H16F4N2O4. The zero-order valence-electron chi connectivity index (χ0n) is 14.4. The fourth-order valence-corrected chi connectivity index (χ4v) is 2.02. The number of alkyl carbamates (subject to hydrolysis) is 1. The number of amides is 2. The van der Waals surface area contributed by atoms with Crippen molar-refractivity contribution in [2.75, 3.05) is 18.5 Å². The monoisotopic (exact) mass is 400 g/mol. The Labute approximate surface area is 157 Å². The van der Waals surface area contributed by atoms with Crippen molar-refractivity contribution in [2.24, 2.45) is 0 Å². The predicted molar refractivity (Wildman–Crippen MR) is 91.2 cm³/mol. The van der Waals surface area contributed by atoms with Crippen molar-refractivity contribution < 1.29 is 36.6 Å². The van der Waals surface area contributed by atoms with Crippen LogP contribution in [0.5, 0.6) is 5.75 Å². The molecule has 2 N–H and O–H groups in total. The highest BCUT2D eigenvalue weighted by atomic mass is 19.4. The van der Waals surface area contributed by atoms with Gasteiger partial charge < -0.3 is 20.1 Å². The third-order valence-corrected chi connectivity index (χ3v) is 3.17. The Bertz CT molecular complexity index is 827. The van der Waals surface area contributed by atoms with Crippen LogP contribution < -0.4 is 15.4 Å².